The lowest BCUT2D eigenvalue weighted by Crippen LogP contribution is -2.04. The van der Waals surface area contributed by atoms with Crippen LogP contribution in [0.3, 0.4) is 0 Å². The molecular weight excluding hydrogens is 881 g/mol. The molecular formula is C62H70N4O5. The molecule has 10 rings (SSSR count). The van der Waals surface area contributed by atoms with Gasteiger partial charge < -0.3 is 28.9 Å². The highest BCUT2D eigenvalue weighted by Crippen LogP contribution is 2.43. The third-order valence-corrected chi connectivity index (χ3v) is 13.0. The molecule has 0 amide bonds. The van der Waals surface area contributed by atoms with Crippen molar-refractivity contribution in [1.82, 2.24) is 9.55 Å². The lowest BCUT2D eigenvalue weighted by molar-refractivity contribution is -0.137. The minimum atomic E-state index is -0.756. The fourth-order valence-corrected chi connectivity index (χ4v) is 8.95. The van der Waals surface area contributed by atoms with Gasteiger partial charge in [-0.3, -0.25) is 14.8 Å². The van der Waals surface area contributed by atoms with Crippen LogP contribution in [-0.4, -0.2) is 40.2 Å². The van der Waals surface area contributed by atoms with E-state index in [2.05, 4.69) is 143 Å². The quantitative estimate of drug-likeness (QED) is 0.113. The number of aryl methyl sites for hydroxylation is 1. The second-order valence-corrected chi connectivity index (χ2v) is 19.5. The van der Waals surface area contributed by atoms with Gasteiger partial charge >= 0.3 is 5.97 Å². The summed E-state index contributed by atoms with van der Waals surface area (Å²) in [5.74, 6) is 4.92. The number of H-pyrrole nitrogens is 1. The van der Waals surface area contributed by atoms with Crippen molar-refractivity contribution in [3.05, 3.63) is 185 Å². The second kappa shape index (κ2) is 24.4. The molecule has 9 nitrogen and oxygen atoms in total. The lowest BCUT2D eigenvalue weighted by Gasteiger charge is -2.14. The summed E-state index contributed by atoms with van der Waals surface area (Å²) in [6.45, 7) is 19.3. The van der Waals surface area contributed by atoms with Gasteiger partial charge in [0, 0.05) is 65.0 Å². The monoisotopic (exact) mass is 951 g/mol. The van der Waals surface area contributed by atoms with Crippen molar-refractivity contribution in [1.29, 1.82) is 0 Å². The number of aromatic amines is 1. The maximum Gasteiger partial charge on any atom is 0.305 e. The number of ether oxygens (including phenoxy) is 3. The zero-order valence-electron chi connectivity index (χ0n) is 42.8. The molecule has 0 fully saturated rings. The van der Waals surface area contributed by atoms with Crippen LogP contribution in [0.2, 0.25) is 0 Å². The van der Waals surface area contributed by atoms with Crippen LogP contribution < -0.4 is 14.2 Å². The summed E-state index contributed by atoms with van der Waals surface area (Å²) in [5, 5.41) is 11.2. The normalized spacial score (nSPS) is 14.2. The Bertz CT molecular complexity index is 3040. The highest BCUT2D eigenvalue weighted by Gasteiger charge is 2.25. The third kappa shape index (κ3) is 13.3. The van der Waals surface area contributed by atoms with E-state index in [1.54, 1.807) is 7.11 Å². The van der Waals surface area contributed by atoms with E-state index in [1.165, 1.54) is 49.7 Å². The first-order valence-corrected chi connectivity index (χ1v) is 24.9. The number of carboxylic acids is 1. The van der Waals surface area contributed by atoms with Crippen molar-refractivity contribution in [2.45, 2.75) is 105 Å². The van der Waals surface area contributed by atoms with Crippen molar-refractivity contribution >= 4 is 51.6 Å². The van der Waals surface area contributed by atoms with Crippen LogP contribution in [0.1, 0.15) is 119 Å². The van der Waals surface area contributed by atoms with E-state index in [0.717, 1.165) is 34.1 Å². The second-order valence-electron chi connectivity index (χ2n) is 19.5. The van der Waals surface area contributed by atoms with Crippen LogP contribution in [0, 0.1) is 11.8 Å². The zero-order chi connectivity index (χ0) is 50.4. The summed E-state index contributed by atoms with van der Waals surface area (Å²) in [5.41, 5.74) is 11.9. The van der Waals surface area contributed by atoms with Gasteiger partial charge in [0.1, 0.15) is 36.1 Å². The largest absolute Gasteiger partial charge is 0.497 e. The smallest absolute Gasteiger partial charge is 0.305 e. The van der Waals surface area contributed by atoms with E-state index in [4.69, 9.17) is 19.3 Å². The van der Waals surface area contributed by atoms with E-state index in [-0.39, 0.29) is 6.42 Å². The molecule has 368 valence electrons. The topological polar surface area (TPSA) is 110 Å². The molecule has 2 aliphatic rings. The summed E-state index contributed by atoms with van der Waals surface area (Å²) in [6.07, 6.45) is 8.42. The predicted octanol–water partition coefficient (Wildman–Crippen LogP) is 16.0. The molecule has 0 saturated heterocycles. The molecule has 0 bridgehead atoms. The number of carbonyl (C=O) groups is 1. The minimum absolute atomic E-state index is 0.163. The molecule has 9 heteroatoms. The van der Waals surface area contributed by atoms with E-state index >= 15 is 0 Å². The van der Waals surface area contributed by atoms with Gasteiger partial charge in [-0.05, 0) is 106 Å². The molecule has 0 spiro atoms. The number of fused-ring (bicyclic) bond motifs is 4. The standard InChI is InChI=1S/2C18H19NO.C14H17NO2.C12H15NO/c1-13(2)16-11-19-18-15(16)9-6-10-17(18)20-12-14-7-4-3-5-8-14;1-13(2)17-11-19-18-9-8-15(10-16(17)18)20-12-14-6-4-3-5-7-14;1-10(2)12-9-15(8-7-14(16)17)13-6-4-3-5-11(12)13;1-8(2)11-7-13-12-5-4-9(14-3)6-10(11)12/h3-11,13,16H,12H2,1-2H3;3-11,13,19H,12H2,1-2H3;3-6,9-10H,7-8H2,1-2H3,(H,16,17);4-8,11H,1-3H3. The van der Waals surface area contributed by atoms with Crippen molar-refractivity contribution < 1.29 is 24.1 Å². The number of rotatable bonds is 14. The summed E-state index contributed by atoms with van der Waals surface area (Å²) >= 11 is 0. The highest BCUT2D eigenvalue weighted by molar-refractivity contribution is 5.86. The number of hydrogen-bond donors (Lipinski definition) is 2. The number of carboxylic acid groups (broad SMARTS) is 1. The molecule has 71 heavy (non-hydrogen) atoms. The van der Waals surface area contributed by atoms with Gasteiger partial charge in [0.15, 0.2) is 0 Å². The molecule has 8 aromatic rings. The summed E-state index contributed by atoms with van der Waals surface area (Å²) in [6, 6.07) is 47.1. The van der Waals surface area contributed by atoms with Gasteiger partial charge in [0.2, 0.25) is 0 Å². The van der Waals surface area contributed by atoms with Crippen LogP contribution >= 0.6 is 0 Å². The molecule has 0 aliphatic carbocycles. The van der Waals surface area contributed by atoms with Crippen LogP contribution in [0.4, 0.5) is 11.4 Å². The summed E-state index contributed by atoms with van der Waals surface area (Å²) in [7, 11) is 1.70. The van der Waals surface area contributed by atoms with Crippen LogP contribution in [0.25, 0.3) is 21.8 Å². The van der Waals surface area contributed by atoms with Crippen LogP contribution in [-0.2, 0) is 24.6 Å². The Morgan fingerprint density at radius 1 is 0.634 bits per heavy atom. The number of benzene rings is 6. The SMILES string of the molecule is CC(C)C1C=Nc2c(OCc3ccccc3)cccc21.CC(C)c1c[nH]c2ccc(OCc3ccccc3)cc12.CC(C)c1cn(CCC(=O)O)c2ccccc12.COc1ccc2c(c1)C(C(C)C)C=N2. The average Bonchev–Trinajstić information content (AvgIpc) is 4.20. The third-order valence-electron chi connectivity index (χ3n) is 13.0. The van der Waals surface area contributed by atoms with Gasteiger partial charge in [-0.2, -0.15) is 0 Å². The first kappa shape index (κ1) is 51.5. The number of methoxy groups -OCH3 is 1. The molecule has 0 radical (unpaired) electrons. The van der Waals surface area contributed by atoms with Crippen molar-refractivity contribution in [3.63, 3.8) is 0 Å². The Balaban J connectivity index is 0.000000140. The van der Waals surface area contributed by atoms with E-state index in [1.807, 2.05) is 95.9 Å². The molecule has 6 aromatic carbocycles. The Morgan fingerprint density at radius 3 is 1.90 bits per heavy atom. The number of para-hydroxylation sites is 2. The molecule has 2 unspecified atom stereocenters. The molecule has 4 heterocycles. The van der Waals surface area contributed by atoms with E-state index in [0.29, 0.717) is 55.3 Å². The molecule has 2 aliphatic heterocycles. The van der Waals surface area contributed by atoms with Gasteiger partial charge in [0.05, 0.1) is 19.2 Å². The average molecular weight is 951 g/mol. The van der Waals surface area contributed by atoms with Gasteiger partial charge in [-0.15, -0.1) is 0 Å². The van der Waals surface area contributed by atoms with Crippen molar-refractivity contribution in [2.24, 2.45) is 21.8 Å². The molecule has 2 atom stereocenters. The van der Waals surface area contributed by atoms with E-state index in [9.17, 15) is 4.79 Å². The Labute approximate surface area is 420 Å². The van der Waals surface area contributed by atoms with Crippen LogP contribution in [0.15, 0.2) is 162 Å². The number of nitrogens with one attached hydrogen (secondary N) is 1. The fourth-order valence-electron chi connectivity index (χ4n) is 8.95. The number of aromatic nitrogens is 2. The van der Waals surface area contributed by atoms with E-state index < -0.39 is 5.97 Å². The zero-order valence-corrected chi connectivity index (χ0v) is 42.8. The predicted molar refractivity (Wildman–Crippen MR) is 293 cm³/mol. The van der Waals surface area contributed by atoms with Gasteiger partial charge in [-0.1, -0.05) is 146 Å². The number of aliphatic carboxylic acids is 1. The lowest BCUT2D eigenvalue weighted by atomic mass is 9.90. The van der Waals surface area contributed by atoms with Crippen molar-refractivity contribution in [2.75, 3.05) is 7.11 Å². The summed E-state index contributed by atoms with van der Waals surface area (Å²) in [4.78, 5) is 22.9. The molecule has 0 saturated carbocycles. The van der Waals surface area contributed by atoms with Gasteiger partial charge in [-0.25, -0.2) is 0 Å². The van der Waals surface area contributed by atoms with Crippen LogP contribution in [0.5, 0.6) is 17.2 Å². The Kier molecular flexibility index (Phi) is 17.7. The fraction of sp³-hybridized carbons (Fsp3) is 0.306. The Morgan fingerprint density at radius 2 is 1.25 bits per heavy atom. The van der Waals surface area contributed by atoms with Crippen molar-refractivity contribution in [3.8, 4) is 17.2 Å². The molecule has 2 N–H and O–H groups in total. The first-order valence-electron chi connectivity index (χ1n) is 24.9. The Hall–Kier alpha value is -7.39. The molecule has 2 aromatic heterocycles. The minimum Gasteiger partial charge on any atom is -0.497 e. The maximum atomic E-state index is 10.6. The maximum absolute atomic E-state index is 10.6. The number of nitrogens with zero attached hydrogens (tertiary/aromatic N) is 3. The number of hydrogen-bond acceptors (Lipinski definition) is 6. The highest BCUT2D eigenvalue weighted by atomic mass is 16.5. The first-order chi connectivity index (χ1) is 34.3. The number of aliphatic imine (C=N–C) groups is 2. The van der Waals surface area contributed by atoms with Gasteiger partial charge in [0.25, 0.3) is 0 Å². The summed E-state index contributed by atoms with van der Waals surface area (Å²) < 4.78 is 19.1.